The summed E-state index contributed by atoms with van der Waals surface area (Å²) in [5.41, 5.74) is 2.33. The lowest BCUT2D eigenvalue weighted by molar-refractivity contribution is -0.139. The van der Waals surface area contributed by atoms with Gasteiger partial charge >= 0.3 is 0 Å². The van der Waals surface area contributed by atoms with Crippen LogP contribution in [-0.2, 0) is 26.0 Å². The molecule has 1 N–H and O–H groups in total. The van der Waals surface area contributed by atoms with Crippen LogP contribution in [0.25, 0.3) is 0 Å². The van der Waals surface area contributed by atoms with Crippen LogP contribution in [0.2, 0.25) is 0 Å². The second-order valence-electron chi connectivity index (χ2n) is 9.16. The summed E-state index contributed by atoms with van der Waals surface area (Å²) in [5, 5.41) is 2.81. The van der Waals surface area contributed by atoms with E-state index in [0.717, 1.165) is 15.4 Å². The van der Waals surface area contributed by atoms with Gasteiger partial charge in [0, 0.05) is 13.1 Å². The fourth-order valence-electron chi connectivity index (χ4n) is 4.30. The number of carbonyl (C=O) groups is 2. The Morgan fingerprint density at radius 2 is 1.56 bits per heavy atom. The lowest BCUT2D eigenvalue weighted by Crippen LogP contribution is -2.53. The van der Waals surface area contributed by atoms with Crippen LogP contribution < -0.4 is 14.4 Å². The summed E-state index contributed by atoms with van der Waals surface area (Å²) in [6.45, 7) is 5.80. The number of carbonyl (C=O) groups excluding carboxylic acids is 2. The van der Waals surface area contributed by atoms with E-state index in [0.29, 0.717) is 30.8 Å². The molecule has 0 aliphatic heterocycles. The molecule has 0 spiro atoms. The van der Waals surface area contributed by atoms with E-state index in [4.69, 9.17) is 4.74 Å². The quantitative estimate of drug-likeness (QED) is 0.344. The predicted molar refractivity (Wildman–Crippen MR) is 153 cm³/mol. The smallest absolute Gasteiger partial charge is 0.264 e. The van der Waals surface area contributed by atoms with Crippen molar-refractivity contribution in [2.24, 2.45) is 0 Å². The molecule has 9 heteroatoms. The number of nitrogens with one attached hydrogen (secondary N) is 1. The van der Waals surface area contributed by atoms with Crippen molar-refractivity contribution in [3.05, 3.63) is 90.0 Å². The van der Waals surface area contributed by atoms with Gasteiger partial charge in [0.25, 0.3) is 10.0 Å². The molecule has 0 saturated heterocycles. The highest BCUT2D eigenvalue weighted by Gasteiger charge is 2.33. The predicted octanol–water partition coefficient (Wildman–Crippen LogP) is 4.18. The van der Waals surface area contributed by atoms with Gasteiger partial charge in [0.1, 0.15) is 18.3 Å². The third-order valence-electron chi connectivity index (χ3n) is 6.47. The van der Waals surface area contributed by atoms with E-state index in [-0.39, 0.29) is 17.3 Å². The zero-order valence-electron chi connectivity index (χ0n) is 23.0. The fourth-order valence-corrected chi connectivity index (χ4v) is 5.72. The highest BCUT2D eigenvalue weighted by atomic mass is 32.2. The normalized spacial score (nSPS) is 11.9. The molecule has 39 heavy (non-hydrogen) atoms. The van der Waals surface area contributed by atoms with Crippen molar-refractivity contribution in [1.29, 1.82) is 0 Å². The van der Waals surface area contributed by atoms with Crippen LogP contribution in [-0.4, -0.2) is 57.9 Å². The molecule has 2 amide bonds. The standard InChI is InChI=1S/C30H37N3O5S/c1-5-28(30(35)31-6-2)32(21-20-24-10-8-7-9-11-24)29(34)22-33(25-14-12-23(3)13-15-25)39(36,37)27-18-16-26(38-4)17-19-27/h7-19,28H,5-6,20-22H2,1-4H3,(H,31,35)/t28-/m0/s1. The average Bonchev–Trinajstić information content (AvgIpc) is 2.95. The first kappa shape index (κ1) is 29.7. The maximum absolute atomic E-state index is 13.9. The number of likely N-dealkylation sites (N-methyl/N-ethyl adjacent to an activating group) is 1. The van der Waals surface area contributed by atoms with Crippen LogP contribution in [0.5, 0.6) is 5.75 Å². The van der Waals surface area contributed by atoms with Gasteiger partial charge in [0.05, 0.1) is 17.7 Å². The molecular formula is C30H37N3O5S. The zero-order valence-corrected chi connectivity index (χ0v) is 23.8. The highest BCUT2D eigenvalue weighted by Crippen LogP contribution is 2.26. The van der Waals surface area contributed by atoms with E-state index >= 15 is 0 Å². The van der Waals surface area contributed by atoms with Crippen LogP contribution >= 0.6 is 0 Å². The van der Waals surface area contributed by atoms with Gasteiger partial charge in [-0.25, -0.2) is 8.42 Å². The monoisotopic (exact) mass is 551 g/mol. The lowest BCUT2D eigenvalue weighted by Gasteiger charge is -2.33. The van der Waals surface area contributed by atoms with E-state index in [1.54, 1.807) is 36.4 Å². The number of rotatable bonds is 13. The van der Waals surface area contributed by atoms with Gasteiger partial charge in [0.15, 0.2) is 0 Å². The molecule has 8 nitrogen and oxygen atoms in total. The number of amides is 2. The molecule has 0 unspecified atom stereocenters. The molecule has 3 aromatic rings. The summed E-state index contributed by atoms with van der Waals surface area (Å²) in [4.78, 5) is 28.4. The molecular weight excluding hydrogens is 514 g/mol. The Morgan fingerprint density at radius 1 is 0.923 bits per heavy atom. The van der Waals surface area contributed by atoms with Crippen molar-refractivity contribution in [1.82, 2.24) is 10.2 Å². The number of benzene rings is 3. The highest BCUT2D eigenvalue weighted by molar-refractivity contribution is 7.92. The molecule has 208 valence electrons. The summed E-state index contributed by atoms with van der Waals surface area (Å²) < 4.78 is 34.0. The maximum atomic E-state index is 13.9. The van der Waals surface area contributed by atoms with Crippen molar-refractivity contribution in [3.8, 4) is 5.75 Å². The topological polar surface area (TPSA) is 96.0 Å². The molecule has 3 rings (SSSR count). The van der Waals surface area contributed by atoms with E-state index in [1.807, 2.05) is 51.1 Å². The third kappa shape index (κ3) is 7.60. The maximum Gasteiger partial charge on any atom is 0.264 e. The van der Waals surface area contributed by atoms with Crippen molar-refractivity contribution >= 4 is 27.5 Å². The van der Waals surface area contributed by atoms with E-state index in [9.17, 15) is 18.0 Å². The molecule has 0 radical (unpaired) electrons. The Labute approximate surface area is 231 Å². The minimum Gasteiger partial charge on any atom is -0.497 e. The molecule has 0 aromatic heterocycles. The van der Waals surface area contributed by atoms with Crippen molar-refractivity contribution in [2.75, 3.05) is 31.0 Å². The summed E-state index contributed by atoms with van der Waals surface area (Å²) in [5.74, 6) is -0.199. The summed E-state index contributed by atoms with van der Waals surface area (Å²) in [6.07, 6.45) is 0.917. The number of sulfonamides is 1. The van der Waals surface area contributed by atoms with E-state index in [1.165, 1.54) is 24.1 Å². The van der Waals surface area contributed by atoms with Crippen molar-refractivity contribution in [2.45, 2.75) is 44.6 Å². The summed E-state index contributed by atoms with van der Waals surface area (Å²) in [6, 6.07) is 21.9. The number of anilines is 1. The largest absolute Gasteiger partial charge is 0.497 e. The average molecular weight is 552 g/mol. The van der Waals surface area contributed by atoms with E-state index in [2.05, 4.69) is 5.32 Å². The Hall–Kier alpha value is -3.85. The van der Waals surface area contributed by atoms with Crippen molar-refractivity contribution < 1.29 is 22.7 Å². The molecule has 0 saturated carbocycles. The lowest BCUT2D eigenvalue weighted by atomic mass is 10.1. The van der Waals surface area contributed by atoms with Gasteiger partial charge in [-0.05, 0) is 68.7 Å². The Bertz CT molecular complexity index is 1330. The van der Waals surface area contributed by atoms with Gasteiger partial charge in [-0.3, -0.25) is 13.9 Å². The molecule has 0 bridgehead atoms. The minimum absolute atomic E-state index is 0.0308. The number of hydrogen-bond acceptors (Lipinski definition) is 5. The third-order valence-corrected chi connectivity index (χ3v) is 8.26. The first-order chi connectivity index (χ1) is 18.7. The SMILES string of the molecule is CCNC(=O)[C@H](CC)N(CCc1ccccc1)C(=O)CN(c1ccc(C)cc1)S(=O)(=O)c1ccc(OC)cc1. The fraction of sp³-hybridized carbons (Fsp3) is 0.333. The first-order valence-electron chi connectivity index (χ1n) is 13.1. The molecule has 0 aliphatic carbocycles. The Balaban J connectivity index is 2.00. The van der Waals surface area contributed by atoms with Crippen LogP contribution in [0.1, 0.15) is 31.4 Å². The number of methoxy groups -OCH3 is 1. The first-order valence-corrected chi connectivity index (χ1v) is 14.5. The Kier molecular flexibility index (Phi) is 10.5. The van der Waals surface area contributed by atoms with E-state index < -0.39 is 28.5 Å². The summed E-state index contributed by atoms with van der Waals surface area (Å²) in [7, 11) is -2.62. The van der Waals surface area contributed by atoms with Gasteiger partial charge in [-0.15, -0.1) is 0 Å². The number of ether oxygens (including phenoxy) is 1. The van der Waals surface area contributed by atoms with Gasteiger partial charge in [-0.1, -0.05) is 55.0 Å². The summed E-state index contributed by atoms with van der Waals surface area (Å²) >= 11 is 0. The Morgan fingerprint density at radius 3 is 2.13 bits per heavy atom. The molecule has 0 heterocycles. The van der Waals surface area contributed by atoms with Crippen molar-refractivity contribution in [3.63, 3.8) is 0 Å². The molecule has 3 aromatic carbocycles. The van der Waals surface area contributed by atoms with Gasteiger partial charge in [-0.2, -0.15) is 0 Å². The van der Waals surface area contributed by atoms with Crippen LogP contribution in [0.4, 0.5) is 5.69 Å². The number of aryl methyl sites for hydroxylation is 1. The number of nitrogens with zero attached hydrogens (tertiary/aromatic N) is 2. The zero-order chi connectivity index (χ0) is 28.4. The van der Waals surface area contributed by atoms with Gasteiger partial charge in [0.2, 0.25) is 11.8 Å². The second kappa shape index (κ2) is 13.8. The van der Waals surface area contributed by atoms with Gasteiger partial charge < -0.3 is 15.0 Å². The number of hydrogen-bond donors (Lipinski definition) is 1. The minimum atomic E-state index is -4.12. The molecule has 1 atom stereocenters. The second-order valence-corrected chi connectivity index (χ2v) is 11.0. The molecule has 0 fully saturated rings. The van der Waals surface area contributed by atoms with Crippen LogP contribution in [0.3, 0.4) is 0 Å². The molecule has 0 aliphatic rings. The van der Waals surface area contributed by atoms with Crippen LogP contribution in [0, 0.1) is 6.92 Å². The van der Waals surface area contributed by atoms with Crippen LogP contribution in [0.15, 0.2) is 83.8 Å².